The number of likely N-dealkylation sites (tertiary alicyclic amines) is 1. The SMILES string of the molecule is COc1ccc2c3c1O[C@H]1C(OC)[C@](C)(COCc4ccc(COS(C)(=O)=O)cc4)CC4[C@@H](C2)N(CC2CC2)CCC341. The molecule has 0 amide bonds. The minimum absolute atomic E-state index is 0.0336. The van der Waals surface area contributed by atoms with Crippen LogP contribution in [-0.4, -0.2) is 71.7 Å². The zero-order valence-electron chi connectivity index (χ0n) is 25.1. The molecule has 3 fully saturated rings. The van der Waals surface area contributed by atoms with Crippen LogP contribution in [0.4, 0.5) is 0 Å². The molecule has 2 aliphatic heterocycles. The summed E-state index contributed by atoms with van der Waals surface area (Å²) in [5.74, 6) is 3.08. The summed E-state index contributed by atoms with van der Waals surface area (Å²) >= 11 is 0. The Morgan fingerprint density at radius 2 is 1.79 bits per heavy atom. The first-order valence-electron chi connectivity index (χ1n) is 15.3. The minimum atomic E-state index is -3.47. The Kier molecular flexibility index (Phi) is 7.13. The third-order valence-corrected chi connectivity index (χ3v) is 11.3. The van der Waals surface area contributed by atoms with Crippen LogP contribution in [0.2, 0.25) is 0 Å². The molecule has 1 spiro atoms. The van der Waals surface area contributed by atoms with Crippen molar-refractivity contribution in [1.29, 1.82) is 0 Å². The van der Waals surface area contributed by atoms with E-state index in [2.05, 4.69) is 24.0 Å². The molecule has 2 bridgehead atoms. The van der Waals surface area contributed by atoms with Crippen molar-refractivity contribution in [3.63, 3.8) is 0 Å². The topological polar surface area (TPSA) is 83.5 Å². The van der Waals surface area contributed by atoms with Crippen molar-refractivity contribution in [3.05, 3.63) is 58.7 Å². The Labute approximate surface area is 249 Å². The highest BCUT2D eigenvalue weighted by atomic mass is 32.2. The molecule has 8 nitrogen and oxygen atoms in total. The summed E-state index contributed by atoms with van der Waals surface area (Å²) < 4.78 is 53.2. The molecule has 7 rings (SSSR count). The fraction of sp³-hybridized carbons (Fsp3) is 0.636. The van der Waals surface area contributed by atoms with E-state index in [0.717, 1.165) is 60.6 Å². The lowest BCUT2D eigenvalue weighted by Gasteiger charge is -2.63. The first-order valence-corrected chi connectivity index (χ1v) is 17.1. The van der Waals surface area contributed by atoms with E-state index < -0.39 is 10.1 Å². The van der Waals surface area contributed by atoms with E-state index in [1.54, 1.807) is 7.11 Å². The van der Waals surface area contributed by atoms with E-state index in [1.165, 1.54) is 30.5 Å². The average Bonchev–Trinajstić information content (AvgIpc) is 3.71. The summed E-state index contributed by atoms with van der Waals surface area (Å²) in [5, 5.41) is 0. The zero-order valence-corrected chi connectivity index (χ0v) is 26.0. The molecule has 9 heteroatoms. The van der Waals surface area contributed by atoms with Crippen molar-refractivity contribution < 1.29 is 31.5 Å². The highest BCUT2D eigenvalue weighted by molar-refractivity contribution is 7.85. The quantitative estimate of drug-likeness (QED) is 0.351. The molecule has 0 N–H and O–H groups in total. The smallest absolute Gasteiger partial charge is 0.264 e. The van der Waals surface area contributed by atoms with E-state index in [-0.39, 0.29) is 29.6 Å². The second kappa shape index (κ2) is 10.5. The van der Waals surface area contributed by atoms with Gasteiger partial charge in [-0.1, -0.05) is 37.3 Å². The van der Waals surface area contributed by atoms with E-state index in [0.29, 0.717) is 25.2 Å². The molecule has 42 heavy (non-hydrogen) atoms. The lowest BCUT2D eigenvalue weighted by Crippen LogP contribution is -2.71. The summed E-state index contributed by atoms with van der Waals surface area (Å²) in [6, 6.07) is 12.6. The molecule has 2 aromatic rings. The monoisotopic (exact) mass is 597 g/mol. The first-order chi connectivity index (χ1) is 20.1. The molecule has 0 radical (unpaired) electrons. The third kappa shape index (κ3) is 4.76. The van der Waals surface area contributed by atoms with Crippen molar-refractivity contribution in [2.24, 2.45) is 17.3 Å². The molecule has 228 valence electrons. The standard InChI is InChI=1S/C33H43NO7S/c1-32(20-39-18-22-7-9-23(10-8-22)19-40-42(4,35)36)16-25-26-15-24-11-12-27(37-2)29-28(24)33(25,31(41-29)30(32)38-3)13-14-34(26)17-21-5-6-21/h7-12,21,25-26,30-31H,5-6,13-20H2,1-4H3/t25?,26-,30?,31+,32+,33?/m1/s1. The molecule has 6 atom stereocenters. The van der Waals surface area contributed by atoms with Crippen LogP contribution in [0.3, 0.4) is 0 Å². The van der Waals surface area contributed by atoms with Crippen LogP contribution in [0.5, 0.6) is 11.5 Å². The lowest BCUT2D eigenvalue weighted by atomic mass is 9.47. The second-order valence-corrected chi connectivity index (χ2v) is 15.2. The van der Waals surface area contributed by atoms with Gasteiger partial charge < -0.3 is 18.9 Å². The molecule has 3 unspecified atom stereocenters. The van der Waals surface area contributed by atoms with Crippen LogP contribution in [-0.2, 0) is 48.8 Å². The summed E-state index contributed by atoms with van der Waals surface area (Å²) in [5.41, 5.74) is 4.36. The van der Waals surface area contributed by atoms with Crippen LogP contribution in [0, 0.1) is 17.3 Å². The Morgan fingerprint density at radius 1 is 1.05 bits per heavy atom. The number of nitrogens with zero attached hydrogens (tertiary/aromatic N) is 1. The van der Waals surface area contributed by atoms with Crippen LogP contribution >= 0.6 is 0 Å². The van der Waals surface area contributed by atoms with Gasteiger partial charge in [0.25, 0.3) is 10.1 Å². The molecule has 2 heterocycles. The van der Waals surface area contributed by atoms with Crippen molar-refractivity contribution >= 4 is 10.1 Å². The van der Waals surface area contributed by atoms with Gasteiger partial charge in [0, 0.05) is 36.1 Å². The molecule has 1 saturated heterocycles. The van der Waals surface area contributed by atoms with Gasteiger partial charge in [-0.05, 0) is 73.2 Å². The fourth-order valence-electron chi connectivity index (χ4n) is 8.73. The largest absolute Gasteiger partial charge is 0.493 e. The third-order valence-electron chi connectivity index (χ3n) is 10.7. The number of hydrogen-bond donors (Lipinski definition) is 0. The molecule has 5 aliphatic rings. The normalized spacial score (nSPS) is 33.2. The van der Waals surface area contributed by atoms with Gasteiger partial charge in [-0.2, -0.15) is 8.42 Å². The molecular weight excluding hydrogens is 554 g/mol. The van der Waals surface area contributed by atoms with Gasteiger partial charge in [0.2, 0.25) is 0 Å². The van der Waals surface area contributed by atoms with Gasteiger partial charge in [0.15, 0.2) is 11.5 Å². The first kappa shape index (κ1) is 28.6. The molecule has 0 aromatic heterocycles. The molecule has 2 aromatic carbocycles. The van der Waals surface area contributed by atoms with Gasteiger partial charge in [-0.15, -0.1) is 0 Å². The number of methoxy groups -OCH3 is 2. The Morgan fingerprint density at radius 3 is 2.45 bits per heavy atom. The van der Waals surface area contributed by atoms with E-state index >= 15 is 0 Å². The predicted octanol–water partition coefficient (Wildman–Crippen LogP) is 4.47. The molecule has 3 aliphatic carbocycles. The predicted molar refractivity (Wildman–Crippen MR) is 158 cm³/mol. The van der Waals surface area contributed by atoms with Gasteiger partial charge in [0.05, 0.1) is 33.2 Å². The van der Waals surface area contributed by atoms with Gasteiger partial charge in [-0.25, -0.2) is 0 Å². The summed E-state index contributed by atoms with van der Waals surface area (Å²) in [7, 11) is 0.0851. The van der Waals surface area contributed by atoms with Gasteiger partial charge in [0.1, 0.15) is 12.2 Å². The summed E-state index contributed by atoms with van der Waals surface area (Å²) in [6.45, 7) is 5.71. The van der Waals surface area contributed by atoms with Gasteiger partial charge in [-0.3, -0.25) is 9.08 Å². The van der Waals surface area contributed by atoms with E-state index in [4.69, 9.17) is 23.1 Å². The van der Waals surface area contributed by atoms with Crippen LogP contribution in [0.15, 0.2) is 36.4 Å². The van der Waals surface area contributed by atoms with Gasteiger partial charge >= 0.3 is 0 Å². The summed E-state index contributed by atoms with van der Waals surface area (Å²) in [4.78, 5) is 2.80. The molecule has 2 saturated carbocycles. The number of benzene rings is 2. The van der Waals surface area contributed by atoms with Crippen molar-refractivity contribution in [2.75, 3.05) is 40.2 Å². The van der Waals surface area contributed by atoms with Crippen molar-refractivity contribution in [1.82, 2.24) is 4.90 Å². The van der Waals surface area contributed by atoms with E-state index in [1.807, 2.05) is 31.4 Å². The highest BCUT2D eigenvalue weighted by Gasteiger charge is 2.70. The number of rotatable bonds is 11. The molecular formula is C33H43NO7S. The number of ether oxygens (including phenoxy) is 4. The second-order valence-electron chi connectivity index (χ2n) is 13.6. The van der Waals surface area contributed by atoms with Crippen molar-refractivity contribution in [3.8, 4) is 11.5 Å². The summed E-state index contributed by atoms with van der Waals surface area (Å²) in [6.07, 6.45) is 6.76. The Balaban J connectivity index is 1.14. The maximum atomic E-state index is 11.3. The minimum Gasteiger partial charge on any atom is -0.493 e. The Hall–Kier alpha value is -2.17. The average molecular weight is 598 g/mol. The van der Waals surface area contributed by atoms with E-state index in [9.17, 15) is 8.42 Å². The van der Waals surface area contributed by atoms with Crippen LogP contribution in [0.25, 0.3) is 0 Å². The highest BCUT2D eigenvalue weighted by Crippen LogP contribution is 2.67. The Bertz CT molecular complexity index is 1440. The maximum Gasteiger partial charge on any atom is 0.264 e. The zero-order chi connectivity index (χ0) is 29.3. The van der Waals surface area contributed by atoms with Crippen LogP contribution in [0.1, 0.15) is 54.9 Å². The maximum absolute atomic E-state index is 11.3. The lowest BCUT2D eigenvalue weighted by molar-refractivity contribution is -0.189. The number of piperidine rings is 1. The van der Waals surface area contributed by atoms with Crippen LogP contribution < -0.4 is 9.47 Å². The number of hydrogen-bond acceptors (Lipinski definition) is 8. The fourth-order valence-corrected chi connectivity index (χ4v) is 9.08. The van der Waals surface area contributed by atoms with Crippen molar-refractivity contribution in [2.45, 2.75) is 75.9 Å².